The van der Waals surface area contributed by atoms with E-state index in [9.17, 15) is 5.11 Å². The molecule has 3 heterocycles. The molecular formula is C25H31N3O5. The number of benzene rings is 1. The zero-order valence-electron chi connectivity index (χ0n) is 18.8. The minimum absolute atomic E-state index is 0.228. The highest BCUT2D eigenvalue weighted by atomic mass is 16.5. The molecule has 1 aromatic carbocycles. The van der Waals surface area contributed by atoms with Crippen LogP contribution in [0.15, 0.2) is 70.3 Å². The van der Waals surface area contributed by atoms with Gasteiger partial charge in [-0.05, 0) is 12.1 Å². The van der Waals surface area contributed by atoms with Crippen molar-refractivity contribution in [3.05, 3.63) is 72.7 Å². The van der Waals surface area contributed by atoms with Crippen molar-refractivity contribution in [2.24, 2.45) is 0 Å². The van der Waals surface area contributed by atoms with Crippen molar-refractivity contribution in [1.82, 2.24) is 10.1 Å². The van der Waals surface area contributed by atoms with Crippen LogP contribution in [0, 0.1) is 0 Å². The topological polar surface area (TPSA) is 84.3 Å². The predicted molar refractivity (Wildman–Crippen MR) is 125 cm³/mol. The van der Waals surface area contributed by atoms with E-state index in [-0.39, 0.29) is 6.61 Å². The molecule has 3 aromatic rings. The van der Waals surface area contributed by atoms with E-state index >= 15 is 0 Å². The first-order valence-corrected chi connectivity index (χ1v) is 11.2. The third kappa shape index (κ3) is 6.33. The van der Waals surface area contributed by atoms with E-state index in [0.717, 1.165) is 41.6 Å². The number of furan rings is 1. The number of rotatable bonds is 12. The SMILES string of the molecule is C=CCOC[C@@H](O)CN(Cc1ccco1)Cc1c(-c2ccccc2)noc1N1CCOCC1. The largest absolute Gasteiger partial charge is 0.468 e. The lowest BCUT2D eigenvalue weighted by molar-refractivity contribution is 0.0216. The van der Waals surface area contributed by atoms with Crippen LogP contribution in [0.2, 0.25) is 0 Å². The van der Waals surface area contributed by atoms with Crippen molar-refractivity contribution >= 4 is 5.88 Å². The fourth-order valence-corrected chi connectivity index (χ4v) is 3.95. The molecule has 8 nitrogen and oxygen atoms in total. The number of hydrogen-bond donors (Lipinski definition) is 1. The van der Waals surface area contributed by atoms with E-state index in [1.54, 1.807) is 12.3 Å². The lowest BCUT2D eigenvalue weighted by Gasteiger charge is -2.29. The average molecular weight is 454 g/mol. The Kier molecular flexibility index (Phi) is 8.32. The Labute approximate surface area is 194 Å². The number of anilines is 1. The first kappa shape index (κ1) is 23.3. The van der Waals surface area contributed by atoms with Gasteiger partial charge in [0.2, 0.25) is 5.88 Å². The standard InChI is InChI=1S/C25H31N3O5/c1-2-12-31-19-21(29)16-27(17-22-9-6-13-32-22)18-23-24(20-7-4-3-5-8-20)26-33-25(23)28-10-14-30-15-11-28/h2-9,13,21,29H,1,10-12,14-19H2/t21-/m0/s1. The summed E-state index contributed by atoms with van der Waals surface area (Å²) < 4.78 is 22.5. The summed E-state index contributed by atoms with van der Waals surface area (Å²) in [5.41, 5.74) is 2.77. The van der Waals surface area contributed by atoms with E-state index in [1.165, 1.54) is 0 Å². The van der Waals surface area contributed by atoms with Crippen LogP contribution in [0.4, 0.5) is 5.88 Å². The highest BCUT2D eigenvalue weighted by Gasteiger charge is 2.26. The molecule has 4 rings (SSSR count). The second-order valence-corrected chi connectivity index (χ2v) is 8.01. The third-order valence-electron chi connectivity index (χ3n) is 5.47. The average Bonchev–Trinajstić information content (AvgIpc) is 3.50. The van der Waals surface area contributed by atoms with Crippen molar-refractivity contribution in [3.8, 4) is 11.3 Å². The monoisotopic (exact) mass is 453 g/mol. The van der Waals surface area contributed by atoms with E-state index in [4.69, 9.17) is 18.4 Å². The molecule has 0 bridgehead atoms. The summed E-state index contributed by atoms with van der Waals surface area (Å²) in [5.74, 6) is 1.57. The first-order chi connectivity index (χ1) is 16.2. The number of aliphatic hydroxyl groups excluding tert-OH is 1. The minimum atomic E-state index is -0.660. The molecule has 1 atom stereocenters. The molecule has 2 aromatic heterocycles. The second kappa shape index (κ2) is 11.8. The molecule has 0 aliphatic carbocycles. The lowest BCUT2D eigenvalue weighted by Crippen LogP contribution is -2.38. The molecule has 1 N–H and O–H groups in total. The fraction of sp³-hybridized carbons (Fsp3) is 0.400. The Bertz CT molecular complexity index is 967. The molecule has 1 fully saturated rings. The number of hydrogen-bond acceptors (Lipinski definition) is 8. The van der Waals surface area contributed by atoms with Crippen molar-refractivity contribution in [2.75, 3.05) is 51.0 Å². The van der Waals surface area contributed by atoms with E-state index in [2.05, 4.69) is 21.5 Å². The number of aliphatic hydroxyl groups is 1. The quantitative estimate of drug-likeness (QED) is 0.330. The molecular weight excluding hydrogens is 422 g/mol. The van der Waals surface area contributed by atoms with Crippen molar-refractivity contribution in [2.45, 2.75) is 19.2 Å². The van der Waals surface area contributed by atoms with Gasteiger partial charge in [0.25, 0.3) is 0 Å². The van der Waals surface area contributed by atoms with Gasteiger partial charge in [-0.2, -0.15) is 0 Å². The maximum atomic E-state index is 10.6. The Morgan fingerprint density at radius 1 is 1.15 bits per heavy atom. The van der Waals surface area contributed by atoms with Gasteiger partial charge < -0.3 is 28.4 Å². The molecule has 0 radical (unpaired) electrons. The molecule has 33 heavy (non-hydrogen) atoms. The first-order valence-electron chi connectivity index (χ1n) is 11.2. The number of nitrogens with zero attached hydrogens (tertiary/aromatic N) is 3. The van der Waals surface area contributed by atoms with Crippen molar-refractivity contribution in [1.29, 1.82) is 0 Å². The fourth-order valence-electron chi connectivity index (χ4n) is 3.95. The van der Waals surface area contributed by atoms with E-state index in [1.807, 2.05) is 42.5 Å². The molecule has 8 heteroatoms. The van der Waals surface area contributed by atoms with Gasteiger partial charge in [-0.25, -0.2) is 0 Å². The van der Waals surface area contributed by atoms with Gasteiger partial charge in [-0.15, -0.1) is 6.58 Å². The second-order valence-electron chi connectivity index (χ2n) is 8.01. The Balaban J connectivity index is 1.61. The maximum Gasteiger partial charge on any atom is 0.232 e. The lowest BCUT2D eigenvalue weighted by atomic mass is 10.1. The van der Waals surface area contributed by atoms with Gasteiger partial charge in [0, 0.05) is 31.7 Å². The smallest absolute Gasteiger partial charge is 0.232 e. The van der Waals surface area contributed by atoms with Crippen LogP contribution in [0.1, 0.15) is 11.3 Å². The Morgan fingerprint density at radius 2 is 1.97 bits per heavy atom. The van der Waals surface area contributed by atoms with Crippen LogP contribution in [0.3, 0.4) is 0 Å². The molecule has 1 aliphatic rings. The predicted octanol–water partition coefficient (Wildman–Crippen LogP) is 3.34. The highest BCUT2D eigenvalue weighted by molar-refractivity contribution is 5.68. The van der Waals surface area contributed by atoms with Crippen LogP contribution in [-0.2, 0) is 22.6 Å². The van der Waals surface area contributed by atoms with Gasteiger partial charge in [0.05, 0.1) is 50.9 Å². The normalized spacial score (nSPS) is 15.2. The van der Waals surface area contributed by atoms with Crippen LogP contribution in [0.5, 0.6) is 0 Å². The number of ether oxygens (including phenoxy) is 2. The molecule has 0 unspecified atom stereocenters. The highest BCUT2D eigenvalue weighted by Crippen LogP contribution is 2.33. The van der Waals surface area contributed by atoms with Gasteiger partial charge in [-0.1, -0.05) is 41.6 Å². The summed E-state index contributed by atoms with van der Waals surface area (Å²) in [5, 5.41) is 15.1. The molecule has 176 valence electrons. The van der Waals surface area contributed by atoms with Crippen LogP contribution in [-0.4, -0.2) is 67.3 Å². The van der Waals surface area contributed by atoms with Gasteiger partial charge in [0.1, 0.15) is 11.5 Å². The van der Waals surface area contributed by atoms with Gasteiger partial charge in [-0.3, -0.25) is 4.90 Å². The van der Waals surface area contributed by atoms with Crippen LogP contribution in [0.25, 0.3) is 11.3 Å². The summed E-state index contributed by atoms with van der Waals surface area (Å²) in [7, 11) is 0. The van der Waals surface area contributed by atoms with Crippen molar-refractivity contribution in [3.63, 3.8) is 0 Å². The molecule has 1 aliphatic heterocycles. The van der Waals surface area contributed by atoms with E-state index in [0.29, 0.717) is 39.5 Å². The summed E-state index contributed by atoms with van der Waals surface area (Å²) in [4.78, 5) is 4.30. The summed E-state index contributed by atoms with van der Waals surface area (Å²) >= 11 is 0. The number of aromatic nitrogens is 1. The zero-order chi connectivity index (χ0) is 22.9. The van der Waals surface area contributed by atoms with Crippen LogP contribution < -0.4 is 4.90 Å². The summed E-state index contributed by atoms with van der Waals surface area (Å²) in [6.45, 7) is 8.53. The number of morpholine rings is 1. The Morgan fingerprint density at radius 3 is 2.70 bits per heavy atom. The van der Waals surface area contributed by atoms with Gasteiger partial charge in [0.15, 0.2) is 0 Å². The Hall–Kier alpha value is -2.91. The van der Waals surface area contributed by atoms with Gasteiger partial charge >= 0.3 is 0 Å². The molecule has 1 saturated heterocycles. The molecule has 0 amide bonds. The minimum Gasteiger partial charge on any atom is -0.468 e. The maximum absolute atomic E-state index is 10.6. The van der Waals surface area contributed by atoms with Crippen molar-refractivity contribution < 1.29 is 23.5 Å². The van der Waals surface area contributed by atoms with E-state index < -0.39 is 6.10 Å². The van der Waals surface area contributed by atoms with Crippen LogP contribution >= 0.6 is 0 Å². The summed E-state index contributed by atoms with van der Waals surface area (Å²) in [6.07, 6.45) is 2.67. The molecule has 0 saturated carbocycles. The third-order valence-corrected chi connectivity index (χ3v) is 5.47. The zero-order valence-corrected chi connectivity index (χ0v) is 18.8. The summed E-state index contributed by atoms with van der Waals surface area (Å²) in [6, 6.07) is 13.8. The molecule has 0 spiro atoms.